The fourth-order valence-electron chi connectivity index (χ4n) is 10.0. The number of carbonyl (C=O) groups excluding carboxylic acids is 2. The van der Waals surface area contributed by atoms with Crippen molar-refractivity contribution in [2.24, 2.45) is 50.7 Å². The van der Waals surface area contributed by atoms with Gasteiger partial charge in [0.2, 0.25) is 0 Å². The van der Waals surface area contributed by atoms with E-state index in [1.54, 1.807) is 7.11 Å². The van der Waals surface area contributed by atoms with E-state index >= 15 is 0 Å². The molecule has 0 aromatic heterocycles. The zero-order valence-corrected chi connectivity index (χ0v) is 23.2. The second kappa shape index (κ2) is 7.95. The van der Waals surface area contributed by atoms with Crippen molar-refractivity contribution in [2.75, 3.05) is 13.7 Å². The second-order valence-corrected chi connectivity index (χ2v) is 13.7. The van der Waals surface area contributed by atoms with Gasteiger partial charge in [-0.1, -0.05) is 46.3 Å². The maximum Gasteiger partial charge on any atom is 0.312 e. The Morgan fingerprint density at radius 1 is 1.22 bits per heavy atom. The lowest BCUT2D eigenvalue weighted by atomic mass is 9.36. The Balaban J connectivity index is 1.68. The number of esters is 1. The van der Waals surface area contributed by atoms with Gasteiger partial charge in [-0.25, -0.2) is 0 Å². The minimum atomic E-state index is -0.674. The van der Waals surface area contributed by atoms with Crippen molar-refractivity contribution in [3.8, 4) is 6.07 Å². The first-order valence-electron chi connectivity index (χ1n) is 13.9. The van der Waals surface area contributed by atoms with Crippen LogP contribution < -0.4 is 0 Å². The molecule has 0 aromatic rings. The van der Waals surface area contributed by atoms with Crippen LogP contribution in [0.2, 0.25) is 0 Å². The Morgan fingerprint density at radius 3 is 2.58 bits per heavy atom. The maximum absolute atomic E-state index is 13.4. The van der Waals surface area contributed by atoms with Crippen LogP contribution >= 0.6 is 0 Å². The van der Waals surface area contributed by atoms with Crippen LogP contribution in [0.1, 0.15) is 86.5 Å². The van der Waals surface area contributed by atoms with E-state index in [0.717, 1.165) is 56.1 Å². The van der Waals surface area contributed by atoms with Crippen LogP contribution in [0.4, 0.5) is 0 Å². The summed E-state index contributed by atoms with van der Waals surface area (Å²) in [4.78, 5) is 25.7. The van der Waals surface area contributed by atoms with Gasteiger partial charge in [0.1, 0.15) is 12.9 Å². The number of nitrogens with zero attached hydrogens (tertiary/aromatic N) is 1. The maximum atomic E-state index is 13.4. The molecule has 2 saturated carbocycles. The summed E-state index contributed by atoms with van der Waals surface area (Å²) in [5.41, 5.74) is 0.694. The molecule has 9 atom stereocenters. The number of hydrogen-bond donors (Lipinski definition) is 0. The summed E-state index contributed by atoms with van der Waals surface area (Å²) in [5.74, 6) is 2.25. The molecule has 0 unspecified atom stereocenters. The molecule has 36 heavy (non-hydrogen) atoms. The van der Waals surface area contributed by atoms with Crippen LogP contribution in [-0.2, 0) is 19.1 Å². The highest BCUT2D eigenvalue weighted by atomic mass is 16.5. The number of ether oxygens (including phenoxy) is 2. The van der Waals surface area contributed by atoms with Crippen molar-refractivity contribution in [2.45, 2.75) is 86.5 Å². The number of nitriles is 1. The highest BCUT2D eigenvalue weighted by molar-refractivity contribution is 5.78. The highest BCUT2D eigenvalue weighted by Crippen LogP contribution is 2.75. The number of carbonyl (C=O) groups is 2. The van der Waals surface area contributed by atoms with E-state index in [0.29, 0.717) is 24.9 Å². The smallest absolute Gasteiger partial charge is 0.312 e. The lowest BCUT2D eigenvalue weighted by Crippen LogP contribution is -2.62. The zero-order chi connectivity index (χ0) is 26.3. The van der Waals surface area contributed by atoms with Crippen LogP contribution in [0.3, 0.4) is 0 Å². The van der Waals surface area contributed by atoms with Crippen molar-refractivity contribution >= 4 is 12.3 Å². The number of fused-ring (bicyclic) bond motifs is 5. The third-order valence-electron chi connectivity index (χ3n) is 12.3. The van der Waals surface area contributed by atoms with Gasteiger partial charge in [0, 0.05) is 18.3 Å². The summed E-state index contributed by atoms with van der Waals surface area (Å²) in [7, 11) is 1.54. The van der Waals surface area contributed by atoms with Crippen LogP contribution in [-0.4, -0.2) is 26.0 Å². The van der Waals surface area contributed by atoms with Crippen molar-refractivity contribution in [3.05, 3.63) is 23.0 Å². The fraction of sp³-hybridized carbons (Fsp3) is 0.774. The van der Waals surface area contributed by atoms with Crippen molar-refractivity contribution < 1.29 is 19.1 Å². The molecule has 4 aliphatic carbocycles. The first-order chi connectivity index (χ1) is 16.9. The van der Waals surface area contributed by atoms with Gasteiger partial charge in [0.25, 0.3) is 0 Å². The minimum absolute atomic E-state index is 0.0368. The Morgan fingerprint density at radius 2 is 1.94 bits per heavy atom. The third-order valence-corrected chi connectivity index (χ3v) is 12.3. The van der Waals surface area contributed by atoms with E-state index in [1.807, 2.05) is 6.92 Å². The molecular formula is C31H43NO4. The van der Waals surface area contributed by atoms with Crippen LogP contribution in [0.25, 0.3) is 0 Å². The molecule has 0 bridgehead atoms. The Kier molecular flexibility index (Phi) is 5.65. The lowest BCUT2D eigenvalue weighted by molar-refractivity contribution is -0.171. The SMILES string of the molecule is COC(=O)[C@]12CC[C@@H](C)[C@H](C)[C@@H]1C1=CC[C@@H]3[C@@](C)(CC#N)C4=C(C[C@@]3(C)[C@]1(C)CC2)OC[C@]4(C)C=O. The van der Waals surface area contributed by atoms with E-state index in [2.05, 4.69) is 46.8 Å². The number of hydrogen-bond acceptors (Lipinski definition) is 5. The summed E-state index contributed by atoms with van der Waals surface area (Å²) < 4.78 is 11.8. The van der Waals surface area contributed by atoms with Gasteiger partial charge in [-0.15, -0.1) is 0 Å². The normalized spacial score (nSPS) is 49.3. The van der Waals surface area contributed by atoms with Gasteiger partial charge in [-0.3, -0.25) is 4.79 Å². The second-order valence-electron chi connectivity index (χ2n) is 13.7. The predicted octanol–water partition coefficient (Wildman–Crippen LogP) is 6.39. The zero-order valence-electron chi connectivity index (χ0n) is 23.2. The largest absolute Gasteiger partial charge is 0.497 e. The molecule has 5 nitrogen and oxygen atoms in total. The molecular weight excluding hydrogens is 450 g/mol. The van der Waals surface area contributed by atoms with E-state index in [9.17, 15) is 14.9 Å². The Labute approximate surface area is 216 Å². The molecule has 0 spiro atoms. The number of allylic oxidation sites excluding steroid dienone is 3. The van der Waals surface area contributed by atoms with Gasteiger partial charge >= 0.3 is 5.97 Å². The quantitative estimate of drug-likeness (QED) is 0.258. The molecule has 0 amide bonds. The van der Waals surface area contributed by atoms with Gasteiger partial charge in [0.15, 0.2) is 0 Å². The molecule has 196 valence electrons. The highest BCUT2D eigenvalue weighted by Gasteiger charge is 2.69. The van der Waals surface area contributed by atoms with Crippen molar-refractivity contribution in [1.29, 1.82) is 5.26 Å². The number of aldehydes is 1. The third kappa shape index (κ3) is 2.88. The average molecular weight is 494 g/mol. The number of methoxy groups -OCH3 is 1. The molecule has 5 heteroatoms. The Hall–Kier alpha value is -2.09. The molecule has 0 N–H and O–H groups in total. The van der Waals surface area contributed by atoms with E-state index in [1.165, 1.54) is 5.57 Å². The van der Waals surface area contributed by atoms with Gasteiger partial charge in [-0.2, -0.15) is 5.26 Å². The monoisotopic (exact) mass is 493 g/mol. The molecule has 1 heterocycles. The first-order valence-corrected chi connectivity index (χ1v) is 13.9. The van der Waals surface area contributed by atoms with E-state index in [4.69, 9.17) is 9.47 Å². The van der Waals surface area contributed by atoms with Crippen molar-refractivity contribution in [1.82, 2.24) is 0 Å². The van der Waals surface area contributed by atoms with Crippen LogP contribution in [0.15, 0.2) is 23.0 Å². The van der Waals surface area contributed by atoms with Crippen molar-refractivity contribution in [3.63, 3.8) is 0 Å². The van der Waals surface area contributed by atoms with Gasteiger partial charge < -0.3 is 14.3 Å². The molecule has 0 radical (unpaired) electrons. The van der Waals surface area contributed by atoms with Gasteiger partial charge in [-0.05, 0) is 79.1 Å². The Bertz CT molecular complexity index is 1100. The number of rotatable bonds is 3. The van der Waals surface area contributed by atoms with Crippen LogP contribution in [0, 0.1) is 62.1 Å². The summed E-state index contributed by atoms with van der Waals surface area (Å²) in [6, 6.07) is 2.49. The summed E-state index contributed by atoms with van der Waals surface area (Å²) in [6.45, 7) is 14.0. The molecule has 0 aromatic carbocycles. The summed E-state index contributed by atoms with van der Waals surface area (Å²) in [6.07, 6.45) is 9.24. The first kappa shape index (κ1) is 25.6. The van der Waals surface area contributed by atoms with Crippen LogP contribution in [0.5, 0.6) is 0 Å². The molecule has 2 fully saturated rings. The molecule has 0 saturated heterocycles. The lowest BCUT2D eigenvalue weighted by Gasteiger charge is -2.67. The minimum Gasteiger partial charge on any atom is -0.497 e. The van der Waals surface area contributed by atoms with E-state index < -0.39 is 16.2 Å². The summed E-state index contributed by atoms with van der Waals surface area (Å²) in [5, 5.41) is 9.99. The topological polar surface area (TPSA) is 76.4 Å². The predicted molar refractivity (Wildman–Crippen MR) is 137 cm³/mol. The standard InChI is InChI=1S/C31H43NO4/c1-19-10-11-31(26(34)35-7)13-12-29(5)21(24(31)20(19)2)8-9-23-28(4,14-15-32)25-22(16-30(23,29)6)36-18-27(25,3)17-33/h8,17,19-20,23-24H,9-14,16,18H2,1-7H3/t19-,20+,23-,24-,27+,28-,29-,30-,31+/m1/s1. The molecule has 5 rings (SSSR count). The summed E-state index contributed by atoms with van der Waals surface area (Å²) >= 11 is 0. The average Bonchev–Trinajstić information content (AvgIpc) is 3.18. The fourth-order valence-corrected chi connectivity index (χ4v) is 10.0. The molecule has 1 aliphatic heterocycles. The van der Waals surface area contributed by atoms with E-state index in [-0.39, 0.29) is 28.6 Å². The molecule has 5 aliphatic rings. The van der Waals surface area contributed by atoms with Gasteiger partial charge in [0.05, 0.1) is 29.8 Å².